The number of rotatable bonds is 3. The van der Waals surface area contributed by atoms with Gasteiger partial charge in [-0.15, -0.1) is 11.3 Å². The quantitative estimate of drug-likeness (QED) is 0.837. The van der Waals surface area contributed by atoms with Crippen molar-refractivity contribution in [2.45, 2.75) is 12.5 Å². The molecule has 4 nitrogen and oxygen atoms in total. The number of hydrogen-bond acceptors (Lipinski definition) is 5. The highest BCUT2D eigenvalue weighted by molar-refractivity contribution is 7.99. The van der Waals surface area contributed by atoms with Crippen LogP contribution in [0.3, 0.4) is 0 Å². The molecule has 1 atom stereocenters. The predicted molar refractivity (Wildman–Crippen MR) is 64.5 cm³/mol. The summed E-state index contributed by atoms with van der Waals surface area (Å²) in [7, 11) is 0. The molecule has 1 aromatic rings. The summed E-state index contributed by atoms with van der Waals surface area (Å²) in [4.78, 5) is 15.6. The molecule has 2 N–H and O–H groups in total. The molecule has 0 aliphatic carbocycles. The van der Waals surface area contributed by atoms with Crippen molar-refractivity contribution in [3.8, 4) is 0 Å². The zero-order valence-corrected chi connectivity index (χ0v) is 9.87. The van der Waals surface area contributed by atoms with E-state index >= 15 is 0 Å². The van der Waals surface area contributed by atoms with Crippen molar-refractivity contribution < 1.29 is 4.79 Å². The smallest absolute Gasteiger partial charge is 0.227 e. The number of carbonyl (C=O) groups is 1. The molecule has 0 saturated carbocycles. The van der Waals surface area contributed by atoms with Gasteiger partial charge in [0.25, 0.3) is 0 Å². The number of nitrogens with one attached hydrogen (secondary N) is 2. The Hall–Kier alpha value is -0.590. The molecule has 1 saturated heterocycles. The van der Waals surface area contributed by atoms with Gasteiger partial charge in [-0.25, -0.2) is 4.98 Å². The van der Waals surface area contributed by atoms with Crippen molar-refractivity contribution in [2.24, 2.45) is 0 Å². The van der Waals surface area contributed by atoms with Gasteiger partial charge in [0.05, 0.1) is 0 Å². The maximum Gasteiger partial charge on any atom is 0.227 e. The number of anilines is 1. The second-order valence-corrected chi connectivity index (χ2v) is 5.36. The number of amides is 1. The second-order valence-electron chi connectivity index (χ2n) is 3.32. The van der Waals surface area contributed by atoms with E-state index in [9.17, 15) is 4.79 Å². The molecule has 1 aliphatic rings. The third-order valence-electron chi connectivity index (χ3n) is 2.11. The minimum atomic E-state index is 0.0463. The van der Waals surface area contributed by atoms with E-state index in [4.69, 9.17) is 0 Å². The minimum absolute atomic E-state index is 0.0463. The van der Waals surface area contributed by atoms with E-state index < -0.39 is 0 Å². The van der Waals surface area contributed by atoms with Crippen molar-refractivity contribution in [2.75, 3.05) is 23.4 Å². The standard InChI is InChI=1S/C9H13N3OS2/c13-8(12-9-11-2-4-15-9)5-7-6-14-3-1-10-7/h2,4,7,10H,1,3,5-6H2,(H,11,12,13). The van der Waals surface area contributed by atoms with Crippen LogP contribution in [0.2, 0.25) is 0 Å². The Morgan fingerprint density at radius 3 is 3.33 bits per heavy atom. The Morgan fingerprint density at radius 2 is 2.67 bits per heavy atom. The third kappa shape index (κ3) is 3.48. The highest BCUT2D eigenvalue weighted by Crippen LogP contribution is 2.13. The average Bonchev–Trinajstić information content (AvgIpc) is 2.71. The van der Waals surface area contributed by atoms with Gasteiger partial charge >= 0.3 is 0 Å². The number of hydrogen-bond donors (Lipinski definition) is 2. The van der Waals surface area contributed by atoms with Crippen molar-refractivity contribution in [1.82, 2.24) is 10.3 Å². The summed E-state index contributed by atoms with van der Waals surface area (Å²) >= 11 is 3.34. The lowest BCUT2D eigenvalue weighted by molar-refractivity contribution is -0.116. The highest BCUT2D eigenvalue weighted by atomic mass is 32.2. The first-order valence-electron chi connectivity index (χ1n) is 4.85. The molecular weight excluding hydrogens is 230 g/mol. The fraction of sp³-hybridized carbons (Fsp3) is 0.556. The number of thioether (sulfide) groups is 1. The molecule has 0 aromatic carbocycles. The molecule has 6 heteroatoms. The Balaban J connectivity index is 1.76. The van der Waals surface area contributed by atoms with Gasteiger partial charge < -0.3 is 10.6 Å². The lowest BCUT2D eigenvalue weighted by atomic mass is 10.2. The van der Waals surface area contributed by atoms with Crippen LogP contribution in [-0.4, -0.2) is 35.0 Å². The molecule has 1 aromatic heterocycles. The van der Waals surface area contributed by atoms with E-state index in [-0.39, 0.29) is 5.91 Å². The number of nitrogens with zero attached hydrogens (tertiary/aromatic N) is 1. The summed E-state index contributed by atoms with van der Waals surface area (Å²) < 4.78 is 0. The van der Waals surface area contributed by atoms with Crippen LogP contribution in [0.5, 0.6) is 0 Å². The lowest BCUT2D eigenvalue weighted by Crippen LogP contribution is -2.39. The molecule has 0 bridgehead atoms. The summed E-state index contributed by atoms with van der Waals surface area (Å²) in [6.07, 6.45) is 2.22. The van der Waals surface area contributed by atoms with Crippen LogP contribution >= 0.6 is 23.1 Å². The maximum atomic E-state index is 11.6. The van der Waals surface area contributed by atoms with Crippen LogP contribution in [0.15, 0.2) is 11.6 Å². The van der Waals surface area contributed by atoms with Crippen LogP contribution in [0.1, 0.15) is 6.42 Å². The van der Waals surface area contributed by atoms with Crippen molar-refractivity contribution >= 4 is 34.1 Å². The van der Waals surface area contributed by atoms with Crippen LogP contribution in [0.4, 0.5) is 5.13 Å². The van der Waals surface area contributed by atoms with Crippen LogP contribution in [-0.2, 0) is 4.79 Å². The fourth-order valence-electron chi connectivity index (χ4n) is 1.43. The Labute approximate surface area is 96.9 Å². The highest BCUT2D eigenvalue weighted by Gasteiger charge is 2.16. The molecule has 82 valence electrons. The van der Waals surface area contributed by atoms with Gasteiger partial charge in [-0.3, -0.25) is 4.79 Å². The largest absolute Gasteiger partial charge is 0.312 e. The SMILES string of the molecule is O=C(CC1CSCCN1)Nc1nccs1. The number of aromatic nitrogens is 1. The summed E-state index contributed by atoms with van der Waals surface area (Å²) in [6.45, 7) is 1.000. The molecule has 2 heterocycles. The van der Waals surface area contributed by atoms with Crippen LogP contribution in [0.25, 0.3) is 0 Å². The first-order chi connectivity index (χ1) is 7.34. The minimum Gasteiger partial charge on any atom is -0.312 e. The predicted octanol–water partition coefficient (Wildman–Crippen LogP) is 1.18. The lowest BCUT2D eigenvalue weighted by Gasteiger charge is -2.22. The molecule has 15 heavy (non-hydrogen) atoms. The first kappa shape index (κ1) is 10.9. The Morgan fingerprint density at radius 1 is 1.73 bits per heavy atom. The van der Waals surface area contributed by atoms with Gasteiger partial charge in [0.2, 0.25) is 5.91 Å². The number of thiazole rings is 1. The first-order valence-corrected chi connectivity index (χ1v) is 6.88. The topological polar surface area (TPSA) is 54.0 Å². The van der Waals surface area contributed by atoms with E-state index in [0.717, 1.165) is 18.1 Å². The van der Waals surface area contributed by atoms with Crippen molar-refractivity contribution in [3.05, 3.63) is 11.6 Å². The Kier molecular flexibility index (Phi) is 3.99. The third-order valence-corrected chi connectivity index (χ3v) is 3.93. The molecule has 0 spiro atoms. The van der Waals surface area contributed by atoms with E-state index in [1.54, 1.807) is 6.20 Å². The normalized spacial score (nSPS) is 21.2. The fourth-order valence-corrected chi connectivity index (χ4v) is 2.92. The van der Waals surface area contributed by atoms with Crippen LogP contribution in [0, 0.1) is 0 Å². The van der Waals surface area contributed by atoms with Crippen molar-refractivity contribution in [1.29, 1.82) is 0 Å². The molecule has 2 rings (SSSR count). The maximum absolute atomic E-state index is 11.6. The molecule has 1 fully saturated rings. The van der Waals surface area contributed by atoms with Gasteiger partial charge in [-0.1, -0.05) is 0 Å². The van der Waals surface area contributed by atoms with E-state index in [1.165, 1.54) is 11.3 Å². The summed E-state index contributed by atoms with van der Waals surface area (Å²) in [5.41, 5.74) is 0. The molecule has 1 amide bonds. The zero-order chi connectivity index (χ0) is 10.5. The molecule has 0 radical (unpaired) electrons. The van der Waals surface area contributed by atoms with Gasteiger partial charge in [0.1, 0.15) is 0 Å². The Bertz CT molecular complexity index is 309. The van der Waals surface area contributed by atoms with Gasteiger partial charge in [0, 0.05) is 42.1 Å². The van der Waals surface area contributed by atoms with Crippen molar-refractivity contribution in [3.63, 3.8) is 0 Å². The second kappa shape index (κ2) is 5.48. The number of carbonyl (C=O) groups excluding carboxylic acids is 1. The molecular formula is C9H13N3OS2. The molecule has 1 aliphatic heterocycles. The van der Waals surface area contributed by atoms with E-state index in [0.29, 0.717) is 17.6 Å². The summed E-state index contributed by atoms with van der Waals surface area (Å²) in [5, 5.41) is 8.65. The zero-order valence-electron chi connectivity index (χ0n) is 8.23. The summed E-state index contributed by atoms with van der Waals surface area (Å²) in [6, 6.07) is 0.309. The van der Waals surface area contributed by atoms with Crippen LogP contribution < -0.4 is 10.6 Å². The summed E-state index contributed by atoms with van der Waals surface area (Å²) in [5.74, 6) is 2.21. The van der Waals surface area contributed by atoms with E-state index in [1.807, 2.05) is 17.1 Å². The molecule has 1 unspecified atom stereocenters. The van der Waals surface area contributed by atoms with E-state index in [2.05, 4.69) is 15.6 Å². The average molecular weight is 243 g/mol. The van der Waals surface area contributed by atoms with Gasteiger partial charge in [-0.2, -0.15) is 11.8 Å². The monoisotopic (exact) mass is 243 g/mol. The van der Waals surface area contributed by atoms with Gasteiger partial charge in [-0.05, 0) is 0 Å². The van der Waals surface area contributed by atoms with Gasteiger partial charge in [0.15, 0.2) is 5.13 Å².